The van der Waals surface area contributed by atoms with Gasteiger partial charge in [0.05, 0.1) is 17.8 Å². The monoisotopic (exact) mass is 433 g/mol. The lowest BCUT2D eigenvalue weighted by atomic mass is 10.2. The number of halogens is 3. The van der Waals surface area contributed by atoms with Crippen molar-refractivity contribution in [2.75, 3.05) is 6.54 Å². The first kappa shape index (κ1) is 21.9. The third-order valence-electron chi connectivity index (χ3n) is 4.50. The Kier molecular flexibility index (Phi) is 6.00. The third kappa shape index (κ3) is 4.37. The van der Waals surface area contributed by atoms with Crippen LogP contribution in [0.2, 0.25) is 0 Å². The number of rotatable bonds is 5. The Morgan fingerprint density at radius 3 is 2.35 bits per heavy atom. The number of amides is 1. The van der Waals surface area contributed by atoms with Crippen LogP contribution in [0.4, 0.5) is 13.2 Å². The van der Waals surface area contributed by atoms with Crippen molar-refractivity contribution >= 4 is 5.91 Å². The zero-order valence-corrected chi connectivity index (χ0v) is 16.3. The zero-order valence-electron chi connectivity index (χ0n) is 16.3. The number of hydrogen-bond donors (Lipinski definition) is 2. The zero-order chi connectivity index (χ0) is 22.8. The second kappa shape index (κ2) is 8.50. The molecule has 0 spiro atoms. The van der Waals surface area contributed by atoms with E-state index in [-0.39, 0.29) is 18.8 Å². The predicted octanol–water partition coefficient (Wildman–Crippen LogP) is 2.52. The summed E-state index contributed by atoms with van der Waals surface area (Å²) in [7, 11) is 0. The van der Waals surface area contributed by atoms with E-state index in [1.54, 1.807) is 37.3 Å². The molecule has 0 aliphatic rings. The molecule has 1 heterocycles. The lowest BCUT2D eigenvalue weighted by Gasteiger charge is -2.16. The molecule has 2 N–H and O–H groups in total. The first-order valence-corrected chi connectivity index (χ1v) is 9.23. The summed E-state index contributed by atoms with van der Waals surface area (Å²) in [6, 6.07) is 12.0. The van der Waals surface area contributed by atoms with Crippen molar-refractivity contribution in [3.63, 3.8) is 0 Å². The molecule has 0 saturated carbocycles. The maximum absolute atomic E-state index is 13.2. The summed E-state index contributed by atoms with van der Waals surface area (Å²) < 4.78 is 40.7. The van der Waals surface area contributed by atoms with Crippen LogP contribution >= 0.6 is 0 Å². The number of aromatic nitrogens is 2. The molecule has 0 aliphatic heterocycles. The summed E-state index contributed by atoms with van der Waals surface area (Å²) in [6.45, 7) is 1.46. The maximum atomic E-state index is 13.2. The molecule has 31 heavy (non-hydrogen) atoms. The van der Waals surface area contributed by atoms with Gasteiger partial charge < -0.3 is 10.4 Å². The Labute approximate surface area is 174 Å². The molecule has 0 radical (unpaired) electrons. The third-order valence-corrected chi connectivity index (χ3v) is 4.50. The number of hydrogen-bond acceptors (Lipinski definition) is 4. The van der Waals surface area contributed by atoms with Crippen LogP contribution in [0.5, 0.6) is 5.88 Å². The van der Waals surface area contributed by atoms with E-state index in [0.717, 1.165) is 18.2 Å². The van der Waals surface area contributed by atoms with Gasteiger partial charge in [0, 0.05) is 6.54 Å². The van der Waals surface area contributed by atoms with Crippen molar-refractivity contribution in [1.82, 2.24) is 14.5 Å². The molecule has 10 heteroatoms. The standard InChI is InChI=1S/C21H18F3N3O4/c1-2-25-17(28)16-18(29)26(12-13-7-4-3-5-8-13)20(31)27(19(16)30)15-10-6-9-14(11-15)21(22,23)24/h3-11,30H,2,12H2,1H3,(H,25,28). The quantitative estimate of drug-likeness (QED) is 0.647. The largest absolute Gasteiger partial charge is 0.493 e. The first-order valence-electron chi connectivity index (χ1n) is 9.23. The van der Waals surface area contributed by atoms with Gasteiger partial charge in [-0.2, -0.15) is 13.2 Å². The van der Waals surface area contributed by atoms with E-state index >= 15 is 0 Å². The van der Waals surface area contributed by atoms with Gasteiger partial charge in [-0.05, 0) is 30.7 Å². The molecule has 0 atom stereocenters. The fourth-order valence-corrected chi connectivity index (χ4v) is 3.05. The van der Waals surface area contributed by atoms with Gasteiger partial charge in [-0.1, -0.05) is 36.4 Å². The lowest BCUT2D eigenvalue weighted by Crippen LogP contribution is -2.44. The maximum Gasteiger partial charge on any atom is 0.416 e. The van der Waals surface area contributed by atoms with Gasteiger partial charge in [0.2, 0.25) is 5.88 Å². The molecular weight excluding hydrogens is 415 g/mol. The summed E-state index contributed by atoms with van der Waals surface area (Å²) >= 11 is 0. The average Bonchev–Trinajstić information content (AvgIpc) is 2.72. The Morgan fingerprint density at radius 2 is 1.74 bits per heavy atom. The summed E-state index contributed by atoms with van der Waals surface area (Å²) in [6.07, 6.45) is -4.70. The average molecular weight is 433 g/mol. The fraction of sp³-hybridized carbons (Fsp3) is 0.190. The van der Waals surface area contributed by atoms with E-state index in [1.165, 1.54) is 0 Å². The van der Waals surface area contributed by atoms with Crippen LogP contribution in [0, 0.1) is 0 Å². The molecular formula is C21H18F3N3O4. The highest BCUT2D eigenvalue weighted by molar-refractivity contribution is 5.96. The van der Waals surface area contributed by atoms with Crippen molar-refractivity contribution in [3.05, 3.63) is 92.1 Å². The molecule has 0 bridgehead atoms. The molecule has 0 aliphatic carbocycles. The van der Waals surface area contributed by atoms with Crippen LogP contribution in [0.3, 0.4) is 0 Å². The van der Waals surface area contributed by atoms with Crippen molar-refractivity contribution in [3.8, 4) is 11.6 Å². The number of nitrogens with zero attached hydrogens (tertiary/aromatic N) is 2. The normalized spacial score (nSPS) is 11.4. The lowest BCUT2D eigenvalue weighted by molar-refractivity contribution is -0.137. The predicted molar refractivity (Wildman–Crippen MR) is 107 cm³/mol. The van der Waals surface area contributed by atoms with Crippen LogP contribution < -0.4 is 16.6 Å². The van der Waals surface area contributed by atoms with Crippen molar-refractivity contribution in [2.45, 2.75) is 19.6 Å². The number of carbonyl (C=O) groups is 1. The number of aromatic hydroxyl groups is 1. The minimum atomic E-state index is -4.70. The Balaban J connectivity index is 2.32. The van der Waals surface area contributed by atoms with E-state index in [2.05, 4.69) is 5.32 Å². The number of nitrogens with one attached hydrogen (secondary N) is 1. The van der Waals surface area contributed by atoms with Crippen molar-refractivity contribution in [2.24, 2.45) is 0 Å². The minimum Gasteiger partial charge on any atom is -0.493 e. The molecule has 7 nitrogen and oxygen atoms in total. The second-order valence-corrected chi connectivity index (χ2v) is 6.60. The smallest absolute Gasteiger partial charge is 0.416 e. The van der Waals surface area contributed by atoms with Gasteiger partial charge >= 0.3 is 11.9 Å². The van der Waals surface area contributed by atoms with E-state index in [4.69, 9.17) is 0 Å². The highest BCUT2D eigenvalue weighted by atomic mass is 19.4. The van der Waals surface area contributed by atoms with Gasteiger partial charge in [0.15, 0.2) is 5.56 Å². The van der Waals surface area contributed by atoms with Crippen molar-refractivity contribution < 1.29 is 23.1 Å². The van der Waals surface area contributed by atoms with Gasteiger partial charge in [0.25, 0.3) is 11.5 Å². The molecule has 1 amide bonds. The summed E-state index contributed by atoms with van der Waals surface area (Å²) in [5.41, 5.74) is -3.74. The van der Waals surface area contributed by atoms with E-state index in [1.807, 2.05) is 0 Å². The molecule has 3 rings (SSSR count). The van der Waals surface area contributed by atoms with Crippen LogP contribution in [-0.2, 0) is 12.7 Å². The number of alkyl halides is 3. The molecule has 0 saturated heterocycles. The second-order valence-electron chi connectivity index (χ2n) is 6.60. The van der Waals surface area contributed by atoms with E-state index in [0.29, 0.717) is 20.8 Å². The fourth-order valence-electron chi connectivity index (χ4n) is 3.05. The van der Waals surface area contributed by atoms with Gasteiger partial charge in [-0.15, -0.1) is 0 Å². The molecule has 0 fully saturated rings. The van der Waals surface area contributed by atoms with Crippen molar-refractivity contribution in [1.29, 1.82) is 0 Å². The Bertz CT molecular complexity index is 1230. The molecule has 3 aromatic rings. The van der Waals surface area contributed by atoms with Gasteiger partial charge in [-0.25, -0.2) is 9.36 Å². The highest BCUT2D eigenvalue weighted by Gasteiger charge is 2.31. The highest BCUT2D eigenvalue weighted by Crippen LogP contribution is 2.30. The molecule has 1 aromatic heterocycles. The van der Waals surface area contributed by atoms with Crippen LogP contribution in [0.1, 0.15) is 28.4 Å². The number of carbonyl (C=O) groups excluding carboxylic acids is 1. The Hall–Kier alpha value is -3.82. The molecule has 162 valence electrons. The summed E-state index contributed by atoms with van der Waals surface area (Å²) in [5.74, 6) is -1.99. The van der Waals surface area contributed by atoms with Gasteiger partial charge in [0.1, 0.15) is 0 Å². The van der Waals surface area contributed by atoms with E-state index < -0.39 is 40.3 Å². The van der Waals surface area contributed by atoms with Crippen LogP contribution in [0.15, 0.2) is 64.2 Å². The van der Waals surface area contributed by atoms with Crippen LogP contribution in [0.25, 0.3) is 5.69 Å². The summed E-state index contributed by atoms with van der Waals surface area (Å²) in [5, 5.41) is 13.0. The van der Waals surface area contributed by atoms with E-state index in [9.17, 15) is 32.7 Å². The summed E-state index contributed by atoms with van der Waals surface area (Å²) in [4.78, 5) is 38.4. The number of benzene rings is 2. The minimum absolute atomic E-state index is 0.124. The molecule has 2 aromatic carbocycles. The SMILES string of the molecule is CCNC(=O)c1c(O)n(-c2cccc(C(F)(F)F)c2)c(=O)n(Cc2ccccc2)c1=O. The first-order chi connectivity index (χ1) is 14.6. The molecule has 0 unspecified atom stereocenters. The topological polar surface area (TPSA) is 93.3 Å². The van der Waals surface area contributed by atoms with Crippen LogP contribution in [-0.4, -0.2) is 26.7 Å². The Morgan fingerprint density at radius 1 is 1.06 bits per heavy atom. The van der Waals surface area contributed by atoms with Gasteiger partial charge in [-0.3, -0.25) is 14.2 Å².